The predicted molar refractivity (Wildman–Crippen MR) is 75.9 cm³/mol. The average molecular weight is 290 g/mol. The van der Waals surface area contributed by atoms with Crippen molar-refractivity contribution in [1.82, 2.24) is 20.0 Å². The van der Waals surface area contributed by atoms with E-state index in [1.54, 1.807) is 13.8 Å². The molecule has 1 N–H and O–H groups in total. The number of carbonyl (C=O) groups is 1. The van der Waals surface area contributed by atoms with Crippen molar-refractivity contribution in [3.63, 3.8) is 0 Å². The van der Waals surface area contributed by atoms with E-state index < -0.39 is 0 Å². The van der Waals surface area contributed by atoms with Crippen LogP contribution in [0.3, 0.4) is 0 Å². The highest BCUT2D eigenvalue weighted by Gasteiger charge is 2.20. The lowest BCUT2D eigenvalue weighted by Crippen LogP contribution is -2.38. The Bertz CT molecular complexity index is 740. The number of carbonyl (C=O) groups excluding carboxylic acids is 1. The molecule has 0 aliphatic heterocycles. The van der Waals surface area contributed by atoms with Crippen LogP contribution in [0.2, 0.25) is 0 Å². The van der Waals surface area contributed by atoms with Crippen LogP contribution in [0.5, 0.6) is 0 Å². The van der Waals surface area contributed by atoms with Crippen LogP contribution in [0.1, 0.15) is 37.2 Å². The maximum absolute atomic E-state index is 12.4. The van der Waals surface area contributed by atoms with Crippen LogP contribution >= 0.6 is 0 Å². The molecule has 1 saturated carbocycles. The summed E-state index contributed by atoms with van der Waals surface area (Å²) in [4.78, 5) is 28.7. The highest BCUT2D eigenvalue weighted by molar-refractivity contribution is 5.78. The Labute approximate surface area is 121 Å². The first-order valence-corrected chi connectivity index (χ1v) is 7.19. The van der Waals surface area contributed by atoms with E-state index in [1.165, 1.54) is 4.57 Å². The van der Waals surface area contributed by atoms with Gasteiger partial charge in [0.25, 0.3) is 11.3 Å². The standard InChI is InChI=1S/C14H18N4O3/c1-8-12-13(21-17-8)15-9(2)18(14(12)20)7-11(19)16-10-5-3-4-6-10/h10H,3-7H2,1-2H3,(H,16,19). The molecule has 112 valence electrons. The molecule has 2 heterocycles. The van der Waals surface area contributed by atoms with E-state index in [-0.39, 0.29) is 29.8 Å². The summed E-state index contributed by atoms with van der Waals surface area (Å²) in [5.74, 6) is 0.299. The summed E-state index contributed by atoms with van der Waals surface area (Å²) in [6.45, 7) is 3.35. The number of nitrogens with one attached hydrogen (secondary N) is 1. The molecule has 0 saturated heterocycles. The fourth-order valence-corrected chi connectivity index (χ4v) is 2.84. The molecule has 1 fully saturated rings. The van der Waals surface area contributed by atoms with Gasteiger partial charge in [-0.25, -0.2) is 0 Å². The van der Waals surface area contributed by atoms with Gasteiger partial charge in [-0.2, -0.15) is 4.98 Å². The van der Waals surface area contributed by atoms with Crippen LogP contribution in [0, 0.1) is 13.8 Å². The van der Waals surface area contributed by atoms with Crippen molar-refractivity contribution >= 4 is 17.0 Å². The summed E-state index contributed by atoms with van der Waals surface area (Å²) >= 11 is 0. The van der Waals surface area contributed by atoms with Crippen LogP contribution in [-0.2, 0) is 11.3 Å². The van der Waals surface area contributed by atoms with Crippen LogP contribution in [0.4, 0.5) is 0 Å². The third-order valence-electron chi connectivity index (χ3n) is 3.98. The first kappa shape index (κ1) is 13.8. The zero-order chi connectivity index (χ0) is 15.0. The van der Waals surface area contributed by atoms with Crippen molar-refractivity contribution in [2.75, 3.05) is 0 Å². The molecular weight excluding hydrogens is 272 g/mol. The van der Waals surface area contributed by atoms with Crippen LogP contribution in [0.25, 0.3) is 11.1 Å². The van der Waals surface area contributed by atoms with Gasteiger partial charge in [0.05, 0.1) is 5.69 Å². The maximum atomic E-state index is 12.4. The Morgan fingerprint density at radius 1 is 1.38 bits per heavy atom. The number of hydrogen-bond donors (Lipinski definition) is 1. The van der Waals surface area contributed by atoms with E-state index in [0.717, 1.165) is 25.7 Å². The second-order valence-corrected chi connectivity index (χ2v) is 5.55. The number of nitrogens with zero attached hydrogens (tertiary/aromatic N) is 3. The zero-order valence-electron chi connectivity index (χ0n) is 12.2. The fourth-order valence-electron chi connectivity index (χ4n) is 2.84. The largest absolute Gasteiger partial charge is 0.352 e. The topological polar surface area (TPSA) is 90.0 Å². The van der Waals surface area contributed by atoms with Gasteiger partial charge in [0.1, 0.15) is 17.8 Å². The number of hydrogen-bond acceptors (Lipinski definition) is 5. The van der Waals surface area contributed by atoms with Gasteiger partial charge in [-0.3, -0.25) is 14.2 Å². The first-order valence-electron chi connectivity index (χ1n) is 7.19. The molecule has 0 radical (unpaired) electrons. The Morgan fingerprint density at radius 2 is 2.10 bits per heavy atom. The molecule has 0 spiro atoms. The van der Waals surface area contributed by atoms with E-state index in [4.69, 9.17) is 4.52 Å². The highest BCUT2D eigenvalue weighted by Crippen LogP contribution is 2.17. The summed E-state index contributed by atoms with van der Waals surface area (Å²) in [5, 5.41) is 7.06. The molecule has 0 atom stereocenters. The first-order chi connectivity index (χ1) is 10.1. The molecule has 2 aromatic heterocycles. The van der Waals surface area contributed by atoms with Gasteiger partial charge in [0, 0.05) is 6.04 Å². The number of aryl methyl sites for hydroxylation is 2. The normalized spacial score (nSPS) is 15.7. The van der Waals surface area contributed by atoms with Gasteiger partial charge in [-0.05, 0) is 26.7 Å². The maximum Gasteiger partial charge on any atom is 0.267 e. The highest BCUT2D eigenvalue weighted by atomic mass is 16.5. The van der Waals surface area contributed by atoms with Gasteiger partial charge in [-0.1, -0.05) is 18.0 Å². The average Bonchev–Trinajstić information content (AvgIpc) is 3.05. The molecule has 1 aliphatic carbocycles. The van der Waals surface area contributed by atoms with E-state index in [1.807, 2.05) is 0 Å². The van der Waals surface area contributed by atoms with Gasteiger partial charge < -0.3 is 9.84 Å². The lowest BCUT2D eigenvalue weighted by atomic mass is 10.2. The Kier molecular flexibility index (Phi) is 3.48. The molecule has 3 rings (SSSR count). The predicted octanol–water partition coefficient (Wildman–Crippen LogP) is 1.06. The summed E-state index contributed by atoms with van der Waals surface area (Å²) < 4.78 is 6.37. The molecule has 0 unspecified atom stereocenters. The van der Waals surface area contributed by atoms with Crippen molar-refractivity contribution in [3.05, 3.63) is 21.9 Å². The Morgan fingerprint density at radius 3 is 2.81 bits per heavy atom. The van der Waals surface area contributed by atoms with E-state index in [2.05, 4.69) is 15.5 Å². The van der Waals surface area contributed by atoms with Gasteiger partial charge in [0.15, 0.2) is 0 Å². The lowest BCUT2D eigenvalue weighted by molar-refractivity contribution is -0.122. The SMILES string of the molecule is Cc1noc2nc(C)n(CC(=O)NC3CCCC3)c(=O)c12. The molecule has 0 bridgehead atoms. The van der Waals surface area contributed by atoms with Gasteiger partial charge >= 0.3 is 0 Å². The third-order valence-corrected chi connectivity index (χ3v) is 3.98. The Balaban J connectivity index is 1.87. The Hall–Kier alpha value is -2.18. The molecule has 1 amide bonds. The monoisotopic (exact) mass is 290 g/mol. The number of aromatic nitrogens is 3. The van der Waals surface area contributed by atoms with E-state index in [0.29, 0.717) is 16.9 Å². The second-order valence-electron chi connectivity index (χ2n) is 5.55. The molecule has 7 nitrogen and oxygen atoms in total. The van der Waals surface area contributed by atoms with Crippen molar-refractivity contribution in [1.29, 1.82) is 0 Å². The molecule has 2 aromatic rings. The second kappa shape index (κ2) is 5.31. The minimum absolute atomic E-state index is 0.0191. The minimum Gasteiger partial charge on any atom is -0.352 e. The van der Waals surface area contributed by atoms with E-state index in [9.17, 15) is 9.59 Å². The molecule has 0 aromatic carbocycles. The number of fused-ring (bicyclic) bond motifs is 1. The smallest absolute Gasteiger partial charge is 0.267 e. The molecular formula is C14H18N4O3. The zero-order valence-corrected chi connectivity index (χ0v) is 12.2. The summed E-state index contributed by atoms with van der Waals surface area (Å²) in [5.41, 5.74) is 0.438. The number of amides is 1. The molecule has 21 heavy (non-hydrogen) atoms. The lowest BCUT2D eigenvalue weighted by Gasteiger charge is -2.13. The third kappa shape index (κ3) is 2.55. The van der Waals surface area contributed by atoms with Crippen molar-refractivity contribution in [2.24, 2.45) is 0 Å². The van der Waals surface area contributed by atoms with Crippen molar-refractivity contribution < 1.29 is 9.32 Å². The fraction of sp³-hybridized carbons (Fsp3) is 0.571. The van der Waals surface area contributed by atoms with Crippen molar-refractivity contribution in [3.8, 4) is 0 Å². The summed E-state index contributed by atoms with van der Waals surface area (Å²) in [6.07, 6.45) is 4.33. The van der Waals surface area contributed by atoms with Crippen LogP contribution in [0.15, 0.2) is 9.32 Å². The summed E-state index contributed by atoms with van der Waals surface area (Å²) in [6, 6.07) is 0.238. The van der Waals surface area contributed by atoms with E-state index >= 15 is 0 Å². The van der Waals surface area contributed by atoms with Crippen LogP contribution < -0.4 is 10.9 Å². The van der Waals surface area contributed by atoms with Crippen LogP contribution in [-0.4, -0.2) is 26.7 Å². The van der Waals surface area contributed by atoms with Gasteiger partial charge in [0.2, 0.25) is 5.91 Å². The summed E-state index contributed by atoms with van der Waals surface area (Å²) in [7, 11) is 0. The quantitative estimate of drug-likeness (QED) is 0.912. The van der Waals surface area contributed by atoms with Gasteiger partial charge in [-0.15, -0.1) is 0 Å². The molecule has 7 heteroatoms. The number of rotatable bonds is 3. The molecule has 1 aliphatic rings. The van der Waals surface area contributed by atoms with Crippen molar-refractivity contribution in [2.45, 2.75) is 52.1 Å². The minimum atomic E-state index is -0.280.